The van der Waals surface area contributed by atoms with Crippen LogP contribution in [0.4, 0.5) is 0 Å². The summed E-state index contributed by atoms with van der Waals surface area (Å²) in [4.78, 5) is 7.67. The first-order valence-corrected chi connectivity index (χ1v) is 7.91. The molecular formula is C15H33N3. The predicted molar refractivity (Wildman–Crippen MR) is 80.1 cm³/mol. The molecule has 0 spiro atoms. The Morgan fingerprint density at radius 3 is 2.00 bits per heavy atom. The third-order valence-corrected chi connectivity index (χ3v) is 4.06. The summed E-state index contributed by atoms with van der Waals surface area (Å²) >= 11 is 0. The summed E-state index contributed by atoms with van der Waals surface area (Å²) in [6.45, 7) is 16.6. The Morgan fingerprint density at radius 2 is 1.44 bits per heavy atom. The van der Waals surface area contributed by atoms with Crippen molar-refractivity contribution < 1.29 is 0 Å². The summed E-state index contributed by atoms with van der Waals surface area (Å²) in [6.07, 6.45) is 2.79. The van der Waals surface area contributed by atoms with Gasteiger partial charge in [-0.2, -0.15) is 0 Å². The maximum absolute atomic E-state index is 2.62. The summed E-state index contributed by atoms with van der Waals surface area (Å²) in [5.74, 6) is 1.01. The van der Waals surface area contributed by atoms with Crippen molar-refractivity contribution in [3.63, 3.8) is 0 Å². The van der Waals surface area contributed by atoms with Crippen LogP contribution in [-0.4, -0.2) is 74.1 Å². The molecule has 0 saturated carbocycles. The third kappa shape index (κ3) is 5.25. The van der Waals surface area contributed by atoms with E-state index >= 15 is 0 Å². The van der Waals surface area contributed by atoms with Crippen molar-refractivity contribution in [1.82, 2.24) is 14.7 Å². The van der Waals surface area contributed by atoms with Gasteiger partial charge in [0.25, 0.3) is 0 Å². The molecule has 2 saturated heterocycles. The molecule has 108 valence electrons. The summed E-state index contributed by atoms with van der Waals surface area (Å²) in [5, 5.41) is 0. The fourth-order valence-electron chi connectivity index (χ4n) is 2.80. The van der Waals surface area contributed by atoms with Gasteiger partial charge in [0, 0.05) is 52.4 Å². The third-order valence-electron chi connectivity index (χ3n) is 4.06. The Kier molecular flexibility index (Phi) is 7.87. The fraction of sp³-hybridized carbons (Fsp3) is 1.00. The van der Waals surface area contributed by atoms with Crippen LogP contribution in [0.5, 0.6) is 0 Å². The predicted octanol–water partition coefficient (Wildman–Crippen LogP) is 1.99. The first kappa shape index (κ1) is 15.9. The average Bonchev–Trinajstić information content (AvgIpc) is 2.36. The van der Waals surface area contributed by atoms with Crippen LogP contribution in [0, 0.1) is 5.92 Å². The van der Waals surface area contributed by atoms with E-state index in [9.17, 15) is 0 Å². The molecule has 0 bridgehead atoms. The average molecular weight is 255 g/mol. The number of likely N-dealkylation sites (tertiary alicyclic amines) is 1. The number of hydrogen-bond donors (Lipinski definition) is 0. The van der Waals surface area contributed by atoms with Gasteiger partial charge in [0.2, 0.25) is 0 Å². The van der Waals surface area contributed by atoms with Crippen molar-refractivity contribution >= 4 is 0 Å². The lowest BCUT2D eigenvalue weighted by Gasteiger charge is -2.41. The molecule has 0 atom stereocenters. The standard InChI is InChI=1S/C13H27N3.C2H6/c1-3-4-13-11-16(12-13)10-9-15-7-5-14(2)6-8-15;1-2/h13H,3-12H2,1-2H3;1-2H3. The minimum atomic E-state index is 1.01. The molecular weight excluding hydrogens is 222 g/mol. The Morgan fingerprint density at radius 1 is 0.889 bits per heavy atom. The van der Waals surface area contributed by atoms with E-state index < -0.39 is 0 Å². The molecule has 0 aliphatic carbocycles. The van der Waals surface area contributed by atoms with E-state index in [1.54, 1.807) is 0 Å². The topological polar surface area (TPSA) is 9.72 Å². The van der Waals surface area contributed by atoms with Crippen molar-refractivity contribution in [3.8, 4) is 0 Å². The largest absolute Gasteiger partial charge is 0.304 e. The number of nitrogens with zero attached hydrogens (tertiary/aromatic N) is 3. The van der Waals surface area contributed by atoms with E-state index in [0.717, 1.165) is 5.92 Å². The van der Waals surface area contributed by atoms with Crippen molar-refractivity contribution in [2.24, 2.45) is 5.92 Å². The molecule has 3 nitrogen and oxygen atoms in total. The molecule has 0 N–H and O–H groups in total. The van der Waals surface area contributed by atoms with Gasteiger partial charge in [-0.15, -0.1) is 0 Å². The second-order valence-electron chi connectivity index (χ2n) is 5.56. The van der Waals surface area contributed by atoms with Crippen LogP contribution in [0.1, 0.15) is 33.6 Å². The molecule has 3 heteroatoms. The number of likely N-dealkylation sites (N-methyl/N-ethyl adjacent to an activating group) is 1. The molecule has 0 amide bonds. The molecule has 2 aliphatic heterocycles. The molecule has 18 heavy (non-hydrogen) atoms. The summed E-state index contributed by atoms with van der Waals surface area (Å²) < 4.78 is 0. The Balaban J connectivity index is 0.000000771. The highest BCUT2D eigenvalue weighted by Crippen LogP contribution is 2.19. The van der Waals surface area contributed by atoms with Gasteiger partial charge in [-0.3, -0.25) is 4.90 Å². The van der Waals surface area contributed by atoms with Crippen molar-refractivity contribution in [2.45, 2.75) is 33.6 Å². The maximum atomic E-state index is 2.62. The van der Waals surface area contributed by atoms with Crippen LogP contribution in [0.2, 0.25) is 0 Å². The molecule has 2 aliphatic rings. The van der Waals surface area contributed by atoms with Crippen LogP contribution in [0.3, 0.4) is 0 Å². The monoisotopic (exact) mass is 255 g/mol. The lowest BCUT2D eigenvalue weighted by Crippen LogP contribution is -2.51. The van der Waals surface area contributed by atoms with Gasteiger partial charge in [-0.05, 0) is 19.4 Å². The molecule has 2 fully saturated rings. The van der Waals surface area contributed by atoms with Gasteiger partial charge in [0.15, 0.2) is 0 Å². The first-order chi connectivity index (χ1) is 8.78. The van der Waals surface area contributed by atoms with E-state index in [4.69, 9.17) is 0 Å². The van der Waals surface area contributed by atoms with E-state index in [0.29, 0.717) is 0 Å². The van der Waals surface area contributed by atoms with E-state index in [2.05, 4.69) is 28.7 Å². The zero-order valence-electron chi connectivity index (χ0n) is 13.0. The highest BCUT2D eigenvalue weighted by atomic mass is 15.3. The maximum Gasteiger partial charge on any atom is 0.0110 e. The lowest BCUT2D eigenvalue weighted by molar-refractivity contribution is 0.0689. The number of piperazine rings is 1. The quantitative estimate of drug-likeness (QED) is 0.744. The normalized spacial score (nSPS) is 23.3. The van der Waals surface area contributed by atoms with Gasteiger partial charge in [0.05, 0.1) is 0 Å². The molecule has 0 radical (unpaired) electrons. The van der Waals surface area contributed by atoms with Crippen LogP contribution < -0.4 is 0 Å². The van der Waals surface area contributed by atoms with Gasteiger partial charge in [-0.1, -0.05) is 27.2 Å². The second-order valence-corrected chi connectivity index (χ2v) is 5.56. The Labute approximate surface area is 114 Å². The van der Waals surface area contributed by atoms with E-state index in [1.807, 2.05) is 13.8 Å². The lowest BCUT2D eigenvalue weighted by atomic mass is 9.95. The van der Waals surface area contributed by atoms with Gasteiger partial charge < -0.3 is 9.80 Å². The van der Waals surface area contributed by atoms with Crippen LogP contribution in [-0.2, 0) is 0 Å². The van der Waals surface area contributed by atoms with Crippen molar-refractivity contribution in [1.29, 1.82) is 0 Å². The van der Waals surface area contributed by atoms with Gasteiger partial charge in [-0.25, -0.2) is 0 Å². The van der Waals surface area contributed by atoms with Crippen LogP contribution >= 0.6 is 0 Å². The first-order valence-electron chi connectivity index (χ1n) is 7.91. The summed E-state index contributed by atoms with van der Waals surface area (Å²) in [7, 11) is 2.22. The fourth-order valence-corrected chi connectivity index (χ4v) is 2.80. The number of hydrogen-bond acceptors (Lipinski definition) is 3. The SMILES string of the molecule is CC.CCCC1CN(CCN2CCN(C)CC2)C1. The molecule has 2 heterocycles. The minimum absolute atomic E-state index is 1.01. The van der Waals surface area contributed by atoms with Crippen molar-refractivity contribution in [3.05, 3.63) is 0 Å². The summed E-state index contributed by atoms with van der Waals surface area (Å²) in [6, 6.07) is 0. The zero-order chi connectivity index (χ0) is 13.4. The van der Waals surface area contributed by atoms with E-state index in [-0.39, 0.29) is 0 Å². The summed E-state index contributed by atoms with van der Waals surface area (Å²) in [5.41, 5.74) is 0. The molecule has 0 aromatic carbocycles. The molecule has 0 unspecified atom stereocenters. The van der Waals surface area contributed by atoms with Crippen molar-refractivity contribution in [2.75, 3.05) is 59.4 Å². The van der Waals surface area contributed by atoms with Gasteiger partial charge >= 0.3 is 0 Å². The van der Waals surface area contributed by atoms with Crippen LogP contribution in [0.25, 0.3) is 0 Å². The molecule has 2 rings (SSSR count). The van der Waals surface area contributed by atoms with Crippen LogP contribution in [0.15, 0.2) is 0 Å². The number of rotatable bonds is 5. The minimum Gasteiger partial charge on any atom is -0.304 e. The molecule has 0 aromatic heterocycles. The highest BCUT2D eigenvalue weighted by Gasteiger charge is 2.25. The highest BCUT2D eigenvalue weighted by molar-refractivity contribution is 4.80. The second kappa shape index (κ2) is 8.89. The molecule has 0 aromatic rings. The van der Waals surface area contributed by atoms with E-state index in [1.165, 1.54) is 65.2 Å². The zero-order valence-corrected chi connectivity index (χ0v) is 13.0. The van der Waals surface area contributed by atoms with Gasteiger partial charge in [0.1, 0.15) is 0 Å². The smallest absolute Gasteiger partial charge is 0.0110 e. The Bertz CT molecular complexity index is 194. The Hall–Kier alpha value is -0.120.